The van der Waals surface area contributed by atoms with E-state index in [1.807, 2.05) is 24.3 Å². The van der Waals surface area contributed by atoms with Crippen molar-refractivity contribution in [1.82, 2.24) is 9.78 Å². The molecule has 1 amide bonds. The highest BCUT2D eigenvalue weighted by atomic mass is 16.5. The molecule has 0 aliphatic rings. The van der Waals surface area contributed by atoms with Crippen molar-refractivity contribution in [2.45, 2.75) is 6.54 Å². The van der Waals surface area contributed by atoms with Crippen LogP contribution in [0.15, 0.2) is 69.9 Å². The highest BCUT2D eigenvalue weighted by Gasteiger charge is 2.18. The molecule has 0 fully saturated rings. The molecule has 0 unspecified atom stereocenters. The number of carboxylic acids is 1. The molecule has 9 heteroatoms. The maximum absolute atomic E-state index is 12.8. The summed E-state index contributed by atoms with van der Waals surface area (Å²) < 4.78 is 12.1. The number of benzene rings is 3. The first-order valence-corrected chi connectivity index (χ1v) is 9.98. The van der Waals surface area contributed by atoms with E-state index in [-0.39, 0.29) is 16.5 Å². The molecule has 2 N–H and O–H groups in total. The third kappa shape index (κ3) is 3.45. The number of rotatable bonds is 5. The highest BCUT2D eigenvalue weighted by molar-refractivity contribution is 6.08. The van der Waals surface area contributed by atoms with Crippen LogP contribution in [0.3, 0.4) is 0 Å². The van der Waals surface area contributed by atoms with Crippen molar-refractivity contribution in [2.75, 3.05) is 12.4 Å². The number of aromatic carboxylic acids is 1. The predicted octanol–water partition coefficient (Wildman–Crippen LogP) is 3.64. The van der Waals surface area contributed by atoms with Crippen LogP contribution in [0.1, 0.15) is 10.5 Å². The van der Waals surface area contributed by atoms with Crippen LogP contribution in [0.5, 0.6) is 5.75 Å². The summed E-state index contributed by atoms with van der Waals surface area (Å²) in [6, 6.07) is 17.2. The van der Waals surface area contributed by atoms with Crippen molar-refractivity contribution < 1.29 is 23.8 Å². The number of furan rings is 1. The number of carbonyl (C=O) groups is 2. The summed E-state index contributed by atoms with van der Waals surface area (Å²) in [4.78, 5) is 37.2. The lowest BCUT2D eigenvalue weighted by atomic mass is 10.1. The Morgan fingerprint density at radius 1 is 1.00 bits per heavy atom. The lowest BCUT2D eigenvalue weighted by Gasteiger charge is -2.12. The van der Waals surface area contributed by atoms with Crippen molar-refractivity contribution in [3.8, 4) is 5.75 Å². The van der Waals surface area contributed by atoms with Gasteiger partial charge in [0.25, 0.3) is 5.56 Å². The van der Waals surface area contributed by atoms with Crippen molar-refractivity contribution in [3.05, 3.63) is 76.7 Å². The Labute approximate surface area is 185 Å². The summed E-state index contributed by atoms with van der Waals surface area (Å²) >= 11 is 0. The number of hydrogen-bond donors (Lipinski definition) is 2. The first kappa shape index (κ1) is 20.3. The van der Waals surface area contributed by atoms with Crippen molar-refractivity contribution in [1.29, 1.82) is 0 Å². The number of carboxylic acid groups (broad SMARTS) is 1. The maximum atomic E-state index is 12.8. The van der Waals surface area contributed by atoms with Gasteiger partial charge in [-0.3, -0.25) is 9.59 Å². The van der Waals surface area contributed by atoms with Gasteiger partial charge in [0.2, 0.25) is 5.91 Å². The third-order valence-corrected chi connectivity index (χ3v) is 5.34. The summed E-state index contributed by atoms with van der Waals surface area (Å²) in [7, 11) is 1.48. The van der Waals surface area contributed by atoms with E-state index >= 15 is 0 Å². The highest BCUT2D eigenvalue weighted by Crippen LogP contribution is 2.36. The van der Waals surface area contributed by atoms with Gasteiger partial charge in [0.05, 0.1) is 18.2 Å². The van der Waals surface area contributed by atoms with E-state index in [0.717, 1.165) is 15.5 Å². The molecule has 164 valence electrons. The van der Waals surface area contributed by atoms with E-state index in [1.54, 1.807) is 24.3 Å². The van der Waals surface area contributed by atoms with Gasteiger partial charge in [0.1, 0.15) is 23.5 Å². The van der Waals surface area contributed by atoms with Crippen LogP contribution in [0.4, 0.5) is 5.69 Å². The van der Waals surface area contributed by atoms with E-state index in [1.165, 1.54) is 19.2 Å². The first-order valence-electron chi connectivity index (χ1n) is 9.98. The Morgan fingerprint density at radius 2 is 1.70 bits per heavy atom. The molecule has 0 aliphatic carbocycles. The molecule has 0 aliphatic heterocycles. The van der Waals surface area contributed by atoms with Gasteiger partial charge >= 0.3 is 5.97 Å². The van der Waals surface area contributed by atoms with Crippen LogP contribution in [0, 0.1) is 0 Å². The molecule has 9 nitrogen and oxygen atoms in total. The monoisotopic (exact) mass is 443 g/mol. The number of nitrogens with one attached hydrogen (secondary N) is 1. The SMILES string of the molecule is COc1cc2c(cc1NC(=O)Cn1nc(C(=O)O)c3ccccc3c1=O)oc1ccccc12. The van der Waals surface area contributed by atoms with E-state index in [2.05, 4.69) is 10.4 Å². The largest absolute Gasteiger partial charge is 0.495 e. The summed E-state index contributed by atoms with van der Waals surface area (Å²) in [5.41, 5.74) is 0.735. The molecule has 5 rings (SSSR count). The van der Waals surface area contributed by atoms with Gasteiger partial charge in [0.15, 0.2) is 5.69 Å². The van der Waals surface area contributed by atoms with E-state index < -0.39 is 24.0 Å². The van der Waals surface area contributed by atoms with Gasteiger partial charge < -0.3 is 19.6 Å². The van der Waals surface area contributed by atoms with Gasteiger partial charge in [-0.1, -0.05) is 36.4 Å². The molecule has 0 saturated heterocycles. The lowest BCUT2D eigenvalue weighted by molar-refractivity contribution is -0.117. The van der Waals surface area contributed by atoms with Crippen LogP contribution in [0.25, 0.3) is 32.7 Å². The van der Waals surface area contributed by atoms with Crippen LogP contribution in [-0.2, 0) is 11.3 Å². The second-order valence-electron chi connectivity index (χ2n) is 7.36. The molecule has 0 spiro atoms. The Balaban J connectivity index is 1.51. The van der Waals surface area contributed by atoms with E-state index in [9.17, 15) is 19.5 Å². The van der Waals surface area contributed by atoms with Gasteiger partial charge in [-0.2, -0.15) is 5.10 Å². The quantitative estimate of drug-likeness (QED) is 0.425. The molecule has 0 bridgehead atoms. The van der Waals surface area contributed by atoms with E-state index in [0.29, 0.717) is 22.6 Å². The number of hydrogen-bond acceptors (Lipinski definition) is 6. The van der Waals surface area contributed by atoms with Gasteiger partial charge in [-0.05, 0) is 18.2 Å². The second-order valence-corrected chi connectivity index (χ2v) is 7.36. The molecular formula is C24H17N3O6. The number of fused-ring (bicyclic) bond motifs is 4. The average Bonchev–Trinajstić information content (AvgIpc) is 3.17. The number of methoxy groups -OCH3 is 1. The Hall–Kier alpha value is -4.66. The van der Waals surface area contributed by atoms with Gasteiger partial charge in [-0.15, -0.1) is 0 Å². The number of carbonyl (C=O) groups excluding carboxylic acids is 1. The minimum Gasteiger partial charge on any atom is -0.495 e. The van der Waals surface area contributed by atoms with Crippen LogP contribution < -0.4 is 15.6 Å². The Morgan fingerprint density at radius 3 is 2.42 bits per heavy atom. The number of anilines is 1. The normalized spacial score (nSPS) is 11.2. The Kier molecular flexibility index (Phi) is 4.78. The average molecular weight is 443 g/mol. The van der Waals surface area contributed by atoms with E-state index in [4.69, 9.17) is 9.15 Å². The summed E-state index contributed by atoms with van der Waals surface area (Å²) in [6.07, 6.45) is 0. The van der Waals surface area contributed by atoms with Crippen LogP contribution >= 0.6 is 0 Å². The minimum absolute atomic E-state index is 0.166. The zero-order valence-electron chi connectivity index (χ0n) is 17.4. The fraction of sp³-hybridized carbons (Fsp3) is 0.0833. The van der Waals surface area contributed by atoms with Crippen LogP contribution in [0.2, 0.25) is 0 Å². The predicted molar refractivity (Wildman–Crippen MR) is 122 cm³/mol. The van der Waals surface area contributed by atoms with Crippen molar-refractivity contribution in [2.24, 2.45) is 0 Å². The number of aromatic nitrogens is 2. The van der Waals surface area contributed by atoms with Crippen molar-refractivity contribution >= 4 is 50.3 Å². The number of amides is 1. The number of para-hydroxylation sites is 1. The zero-order chi connectivity index (χ0) is 23.1. The Bertz CT molecular complexity index is 1630. The maximum Gasteiger partial charge on any atom is 0.357 e. The molecule has 2 aromatic heterocycles. The van der Waals surface area contributed by atoms with Gasteiger partial charge in [-0.25, -0.2) is 9.48 Å². The topological polar surface area (TPSA) is 124 Å². The molecule has 0 radical (unpaired) electrons. The number of ether oxygens (including phenoxy) is 1. The fourth-order valence-corrected chi connectivity index (χ4v) is 3.84. The van der Waals surface area contributed by atoms with Gasteiger partial charge in [0, 0.05) is 22.2 Å². The molecule has 0 saturated carbocycles. The van der Waals surface area contributed by atoms with Crippen LogP contribution in [-0.4, -0.2) is 33.9 Å². The molecule has 0 atom stereocenters. The molecular weight excluding hydrogens is 426 g/mol. The summed E-state index contributed by atoms with van der Waals surface area (Å²) in [5, 5.41) is 18.2. The smallest absolute Gasteiger partial charge is 0.357 e. The van der Waals surface area contributed by atoms with Crippen molar-refractivity contribution in [3.63, 3.8) is 0 Å². The summed E-state index contributed by atoms with van der Waals surface area (Å²) in [6.45, 7) is -0.481. The first-order chi connectivity index (χ1) is 16.0. The molecule has 33 heavy (non-hydrogen) atoms. The second kappa shape index (κ2) is 7.79. The summed E-state index contributed by atoms with van der Waals surface area (Å²) in [5.74, 6) is -1.46. The number of nitrogens with zero attached hydrogens (tertiary/aromatic N) is 2. The fourth-order valence-electron chi connectivity index (χ4n) is 3.84. The lowest BCUT2D eigenvalue weighted by Crippen LogP contribution is -2.31. The zero-order valence-corrected chi connectivity index (χ0v) is 17.4. The third-order valence-electron chi connectivity index (χ3n) is 5.34. The molecule has 3 aromatic carbocycles. The molecule has 5 aromatic rings. The standard InChI is InChI=1S/C24H17N3O6/c1-32-20-10-16-13-6-4-5-9-18(13)33-19(16)11-17(20)25-21(28)12-27-23(29)15-8-3-2-7-14(15)22(26-27)24(30)31/h2-11H,12H2,1H3,(H,25,28)(H,30,31). The minimum atomic E-state index is -1.29. The molecule has 2 heterocycles.